The Labute approximate surface area is 103 Å². The van der Waals surface area contributed by atoms with Gasteiger partial charge in [-0.15, -0.1) is 0 Å². The summed E-state index contributed by atoms with van der Waals surface area (Å²) < 4.78 is 0.908. The van der Waals surface area contributed by atoms with E-state index in [0.29, 0.717) is 6.17 Å². The first-order chi connectivity index (χ1) is 8.03. The molecule has 2 aromatic carbocycles. The lowest BCUT2D eigenvalue weighted by Gasteiger charge is -2.45. The van der Waals surface area contributed by atoms with Crippen LogP contribution in [0.3, 0.4) is 0 Å². The van der Waals surface area contributed by atoms with Crippen LogP contribution in [0.1, 0.15) is 6.92 Å². The van der Waals surface area contributed by atoms with E-state index in [0.717, 1.165) is 4.48 Å². The zero-order valence-electron chi connectivity index (χ0n) is 10.9. The molecule has 0 aliphatic carbocycles. The van der Waals surface area contributed by atoms with E-state index in [-0.39, 0.29) is 0 Å². The molecule has 0 spiro atoms. The minimum absolute atomic E-state index is 0.454. The van der Waals surface area contributed by atoms with E-state index in [1.807, 2.05) is 0 Å². The highest BCUT2D eigenvalue weighted by molar-refractivity contribution is 6.04. The minimum atomic E-state index is 0.454. The molecule has 3 rings (SSSR count). The predicted octanol–water partition coefficient (Wildman–Crippen LogP) is 3.20. The molecule has 0 aromatic heterocycles. The van der Waals surface area contributed by atoms with E-state index >= 15 is 0 Å². The molecule has 2 heteroatoms. The fourth-order valence-electron chi connectivity index (χ4n) is 2.91. The van der Waals surface area contributed by atoms with Crippen molar-refractivity contribution in [2.45, 2.75) is 13.1 Å². The molecular weight excluding hydrogens is 208 g/mol. The molecular formula is C15H19N2+. The molecule has 88 valence electrons. The molecule has 1 atom stereocenters. The van der Waals surface area contributed by atoms with Gasteiger partial charge in [0.05, 0.1) is 25.2 Å². The zero-order chi connectivity index (χ0) is 12.2. The van der Waals surface area contributed by atoms with Crippen molar-refractivity contribution in [1.82, 2.24) is 4.48 Å². The molecule has 0 fully saturated rings. The van der Waals surface area contributed by atoms with Crippen molar-refractivity contribution < 1.29 is 0 Å². The number of rotatable bonds is 0. The van der Waals surface area contributed by atoms with Gasteiger partial charge in [0, 0.05) is 14.0 Å². The van der Waals surface area contributed by atoms with Crippen molar-refractivity contribution in [2.24, 2.45) is 0 Å². The lowest BCUT2D eigenvalue weighted by molar-refractivity contribution is 0.304. The summed E-state index contributed by atoms with van der Waals surface area (Å²) in [5.74, 6) is 0. The SMILES string of the molecule is CC1N(C)c2cccc3cccc(c23)[N+]1(C)C. The second-order valence-electron chi connectivity index (χ2n) is 5.44. The number of quaternary nitrogens is 1. The van der Waals surface area contributed by atoms with E-state index in [9.17, 15) is 0 Å². The van der Waals surface area contributed by atoms with Crippen LogP contribution in [0.2, 0.25) is 0 Å². The third-order valence-electron chi connectivity index (χ3n) is 4.36. The maximum atomic E-state index is 2.38. The van der Waals surface area contributed by atoms with Gasteiger partial charge in [0.15, 0.2) is 6.17 Å². The molecule has 0 bridgehead atoms. The number of hydrogen-bond donors (Lipinski definition) is 0. The Bertz CT molecular complexity index is 581. The van der Waals surface area contributed by atoms with Gasteiger partial charge in [0.1, 0.15) is 5.69 Å². The third kappa shape index (κ3) is 1.25. The van der Waals surface area contributed by atoms with Gasteiger partial charge < -0.3 is 4.90 Å². The van der Waals surface area contributed by atoms with Gasteiger partial charge in [0.2, 0.25) is 0 Å². The molecule has 0 radical (unpaired) electrons. The molecule has 0 saturated carbocycles. The Balaban J connectivity index is 2.47. The van der Waals surface area contributed by atoms with Crippen LogP contribution in [0.4, 0.5) is 11.4 Å². The Morgan fingerprint density at radius 3 is 2.41 bits per heavy atom. The summed E-state index contributed by atoms with van der Waals surface area (Å²) in [4.78, 5) is 2.38. The van der Waals surface area contributed by atoms with E-state index < -0.39 is 0 Å². The average molecular weight is 227 g/mol. The summed E-state index contributed by atoms with van der Waals surface area (Å²) in [7, 11) is 6.76. The maximum Gasteiger partial charge on any atom is 0.165 e. The molecule has 17 heavy (non-hydrogen) atoms. The number of hydrogen-bond acceptors (Lipinski definition) is 1. The van der Waals surface area contributed by atoms with Crippen LogP contribution < -0.4 is 9.38 Å². The largest absolute Gasteiger partial charge is 0.325 e. The summed E-state index contributed by atoms with van der Waals surface area (Å²) in [6.07, 6.45) is 0.454. The summed E-state index contributed by atoms with van der Waals surface area (Å²) in [5.41, 5.74) is 2.77. The third-order valence-corrected chi connectivity index (χ3v) is 4.36. The zero-order valence-corrected chi connectivity index (χ0v) is 10.9. The molecule has 1 heterocycles. The van der Waals surface area contributed by atoms with Gasteiger partial charge in [-0.2, -0.15) is 0 Å². The lowest BCUT2D eigenvalue weighted by atomic mass is 10.0. The van der Waals surface area contributed by atoms with E-state index in [2.05, 4.69) is 69.4 Å². The van der Waals surface area contributed by atoms with Crippen LogP contribution >= 0.6 is 0 Å². The van der Waals surface area contributed by atoms with Gasteiger partial charge in [-0.1, -0.05) is 24.3 Å². The van der Waals surface area contributed by atoms with Crippen molar-refractivity contribution in [3.63, 3.8) is 0 Å². The quantitative estimate of drug-likeness (QED) is 0.625. The molecule has 1 unspecified atom stereocenters. The van der Waals surface area contributed by atoms with Gasteiger partial charge in [0.25, 0.3) is 0 Å². The second kappa shape index (κ2) is 3.23. The lowest BCUT2D eigenvalue weighted by Crippen LogP contribution is -2.58. The number of nitrogens with zero attached hydrogens (tertiary/aromatic N) is 2. The molecule has 1 aliphatic rings. The molecule has 2 nitrogen and oxygen atoms in total. The normalized spacial score (nSPS) is 21.9. The van der Waals surface area contributed by atoms with Crippen LogP contribution in [-0.2, 0) is 0 Å². The van der Waals surface area contributed by atoms with Crippen molar-refractivity contribution in [2.75, 3.05) is 26.0 Å². The number of anilines is 1. The fraction of sp³-hybridized carbons (Fsp3) is 0.333. The van der Waals surface area contributed by atoms with E-state index in [4.69, 9.17) is 0 Å². The fourth-order valence-corrected chi connectivity index (χ4v) is 2.91. The minimum Gasteiger partial charge on any atom is -0.325 e. The molecule has 2 aromatic rings. The first-order valence-electron chi connectivity index (χ1n) is 6.12. The summed E-state index contributed by atoms with van der Waals surface area (Å²) >= 11 is 0. The first-order valence-corrected chi connectivity index (χ1v) is 6.12. The molecule has 0 N–H and O–H groups in total. The van der Waals surface area contributed by atoms with Gasteiger partial charge in [-0.25, -0.2) is 0 Å². The Hall–Kier alpha value is -1.54. The van der Waals surface area contributed by atoms with Crippen molar-refractivity contribution in [1.29, 1.82) is 0 Å². The highest BCUT2D eigenvalue weighted by atomic mass is 15.5. The second-order valence-corrected chi connectivity index (χ2v) is 5.44. The van der Waals surface area contributed by atoms with Crippen LogP contribution in [0, 0.1) is 0 Å². The van der Waals surface area contributed by atoms with Gasteiger partial charge in [-0.3, -0.25) is 4.48 Å². The summed E-state index contributed by atoms with van der Waals surface area (Å²) in [6.45, 7) is 2.29. The van der Waals surface area contributed by atoms with Crippen molar-refractivity contribution in [3.05, 3.63) is 36.4 Å². The Morgan fingerprint density at radius 2 is 1.71 bits per heavy atom. The van der Waals surface area contributed by atoms with Gasteiger partial charge >= 0.3 is 0 Å². The van der Waals surface area contributed by atoms with E-state index in [1.54, 1.807) is 0 Å². The van der Waals surface area contributed by atoms with Gasteiger partial charge in [-0.05, 0) is 17.5 Å². The Kier molecular flexibility index (Phi) is 2.02. The van der Waals surface area contributed by atoms with Crippen LogP contribution in [0.25, 0.3) is 10.8 Å². The Morgan fingerprint density at radius 1 is 1.06 bits per heavy atom. The molecule has 0 saturated heterocycles. The predicted molar refractivity (Wildman–Crippen MR) is 75.5 cm³/mol. The van der Waals surface area contributed by atoms with Crippen LogP contribution in [0.5, 0.6) is 0 Å². The monoisotopic (exact) mass is 227 g/mol. The summed E-state index contributed by atoms with van der Waals surface area (Å²) in [6, 6.07) is 13.2. The summed E-state index contributed by atoms with van der Waals surface area (Å²) in [5, 5.41) is 2.74. The number of benzene rings is 2. The first kappa shape index (κ1) is 10.6. The van der Waals surface area contributed by atoms with Crippen LogP contribution in [-0.4, -0.2) is 27.3 Å². The van der Waals surface area contributed by atoms with Crippen molar-refractivity contribution >= 4 is 22.1 Å². The molecule has 1 aliphatic heterocycles. The standard InChI is InChI=1S/C15H19N2/c1-11-16(2)13-9-5-7-12-8-6-10-14(15(12)13)17(11,3)4/h5-11H,1-4H3/q+1. The van der Waals surface area contributed by atoms with Crippen LogP contribution in [0.15, 0.2) is 36.4 Å². The average Bonchev–Trinajstić information content (AvgIpc) is 2.34. The maximum absolute atomic E-state index is 2.38. The highest BCUT2D eigenvalue weighted by Gasteiger charge is 2.37. The molecule has 0 amide bonds. The smallest absolute Gasteiger partial charge is 0.165 e. The van der Waals surface area contributed by atoms with Crippen molar-refractivity contribution in [3.8, 4) is 0 Å². The van der Waals surface area contributed by atoms with E-state index in [1.165, 1.54) is 22.1 Å². The highest BCUT2D eigenvalue weighted by Crippen LogP contribution is 2.42. The topological polar surface area (TPSA) is 3.24 Å².